The molecule has 0 spiro atoms. The number of hydrogen-bond acceptors (Lipinski definition) is 8. The summed E-state index contributed by atoms with van der Waals surface area (Å²) in [7, 11) is -5.15. The molecule has 1 rings (SSSR count). The summed E-state index contributed by atoms with van der Waals surface area (Å²) >= 11 is 0. The van der Waals surface area contributed by atoms with Crippen molar-refractivity contribution in [1.82, 2.24) is 0 Å². The van der Waals surface area contributed by atoms with Crippen molar-refractivity contribution < 1.29 is 27.7 Å². The summed E-state index contributed by atoms with van der Waals surface area (Å²) in [5, 5.41) is 31.9. The quantitative estimate of drug-likeness (QED) is 0.228. The molecule has 0 amide bonds. The molecule has 13 heteroatoms. The molecule has 0 atom stereocenters. The van der Waals surface area contributed by atoms with Crippen LogP contribution in [0.4, 0.5) is 17.1 Å². The number of nitro groups is 3. The van der Waals surface area contributed by atoms with Gasteiger partial charge in [0.25, 0.3) is 0 Å². The van der Waals surface area contributed by atoms with Crippen LogP contribution in [-0.4, -0.2) is 27.7 Å². The molecule has 1 aromatic rings. The highest BCUT2D eigenvalue weighted by atomic mass is 32.2. The minimum atomic E-state index is -5.15. The van der Waals surface area contributed by atoms with Crippen LogP contribution in [0.1, 0.15) is 32.6 Å². The molecule has 0 fully saturated rings. The third-order valence-electron chi connectivity index (χ3n) is 2.94. The monoisotopic (exact) mass is 391 g/mol. The number of nitrogens with zero attached hydrogens (tertiary/aromatic N) is 3. The van der Waals surface area contributed by atoms with Gasteiger partial charge in [-0.05, 0) is 18.9 Å². The minimum absolute atomic E-state index is 0.346. The first-order chi connectivity index (χ1) is 12.0. The second-order valence-corrected chi connectivity index (χ2v) is 6.20. The number of allylic oxidation sites excluding steroid dienone is 1. The SMILES string of the molecule is C=CCCCCC.O=[N+]([O-])c1ccc(S(=O)(=O)O)c([N+](=O)[O-])c1[N+](=O)[O-]. The highest BCUT2D eigenvalue weighted by Crippen LogP contribution is 2.40. The maximum atomic E-state index is 10.9. The lowest BCUT2D eigenvalue weighted by Gasteiger charge is -2.01. The minimum Gasteiger partial charge on any atom is -0.282 e. The molecule has 0 radical (unpaired) electrons. The summed E-state index contributed by atoms with van der Waals surface area (Å²) < 4.78 is 30.5. The van der Waals surface area contributed by atoms with Crippen LogP contribution < -0.4 is 0 Å². The van der Waals surface area contributed by atoms with Gasteiger partial charge in [0.15, 0.2) is 4.90 Å². The number of unbranched alkanes of at least 4 members (excludes halogenated alkanes) is 3. The van der Waals surface area contributed by atoms with Gasteiger partial charge in [-0.15, -0.1) is 6.58 Å². The van der Waals surface area contributed by atoms with Crippen molar-refractivity contribution in [3.63, 3.8) is 0 Å². The van der Waals surface area contributed by atoms with E-state index in [0.29, 0.717) is 12.1 Å². The molecule has 0 unspecified atom stereocenters. The number of hydrogen-bond donors (Lipinski definition) is 1. The Hall–Kier alpha value is -2.93. The largest absolute Gasteiger partial charge is 0.423 e. The fourth-order valence-electron chi connectivity index (χ4n) is 1.80. The number of nitro benzene ring substituents is 3. The molecular weight excluding hydrogens is 374 g/mol. The third kappa shape index (κ3) is 6.52. The van der Waals surface area contributed by atoms with Crippen LogP contribution in [0.2, 0.25) is 0 Å². The first-order valence-corrected chi connectivity index (χ1v) is 8.61. The van der Waals surface area contributed by atoms with Crippen molar-refractivity contribution in [2.45, 2.75) is 37.5 Å². The summed E-state index contributed by atoms with van der Waals surface area (Å²) in [5.41, 5.74) is -4.55. The van der Waals surface area contributed by atoms with E-state index in [0.717, 1.165) is 0 Å². The lowest BCUT2D eigenvalue weighted by atomic mass is 10.2. The summed E-state index contributed by atoms with van der Waals surface area (Å²) in [6, 6.07) is 0.729. The van der Waals surface area contributed by atoms with Gasteiger partial charge in [0.05, 0.1) is 14.8 Å². The summed E-state index contributed by atoms with van der Waals surface area (Å²) in [4.78, 5) is 26.2. The maximum absolute atomic E-state index is 10.9. The predicted octanol–water partition coefficient (Wildman–Crippen LogP) is 3.41. The highest BCUT2D eigenvalue weighted by molar-refractivity contribution is 7.86. The molecule has 0 bridgehead atoms. The van der Waals surface area contributed by atoms with Gasteiger partial charge < -0.3 is 0 Å². The Bertz CT molecular complexity index is 805. The van der Waals surface area contributed by atoms with Gasteiger partial charge in [0, 0.05) is 6.07 Å². The second-order valence-electron chi connectivity index (χ2n) is 4.81. The second kappa shape index (κ2) is 10.1. The van der Waals surface area contributed by atoms with Gasteiger partial charge in [0.2, 0.25) is 0 Å². The van der Waals surface area contributed by atoms with E-state index in [4.69, 9.17) is 4.55 Å². The molecule has 0 aliphatic rings. The fourth-order valence-corrected chi connectivity index (χ4v) is 2.46. The normalized spacial score (nSPS) is 10.4. The Kier molecular flexibility index (Phi) is 9.01. The number of benzene rings is 1. The smallest absolute Gasteiger partial charge is 0.282 e. The van der Waals surface area contributed by atoms with E-state index in [1.807, 2.05) is 6.08 Å². The topological polar surface area (TPSA) is 184 Å². The van der Waals surface area contributed by atoms with Gasteiger partial charge in [0.1, 0.15) is 0 Å². The average molecular weight is 391 g/mol. The Morgan fingerprint density at radius 3 is 1.92 bits per heavy atom. The molecule has 144 valence electrons. The molecular formula is C13H17N3O9S. The molecule has 1 aromatic carbocycles. The number of rotatable bonds is 8. The van der Waals surface area contributed by atoms with E-state index in [2.05, 4.69) is 13.5 Å². The van der Waals surface area contributed by atoms with E-state index in [1.54, 1.807) is 0 Å². The Labute approximate surface area is 148 Å². The van der Waals surface area contributed by atoms with Crippen LogP contribution in [0.5, 0.6) is 0 Å². The highest BCUT2D eigenvalue weighted by Gasteiger charge is 2.42. The lowest BCUT2D eigenvalue weighted by molar-refractivity contribution is -0.442. The lowest BCUT2D eigenvalue weighted by Crippen LogP contribution is -2.08. The predicted molar refractivity (Wildman–Crippen MR) is 90.6 cm³/mol. The molecule has 26 heavy (non-hydrogen) atoms. The molecule has 0 saturated carbocycles. The maximum Gasteiger partial charge on any atom is 0.423 e. The van der Waals surface area contributed by atoms with E-state index in [9.17, 15) is 38.8 Å². The van der Waals surface area contributed by atoms with Crippen LogP contribution in [-0.2, 0) is 10.1 Å². The third-order valence-corrected chi connectivity index (χ3v) is 3.83. The van der Waals surface area contributed by atoms with Gasteiger partial charge in [-0.1, -0.05) is 25.8 Å². The van der Waals surface area contributed by atoms with E-state index < -0.39 is 46.8 Å². The summed E-state index contributed by atoms with van der Waals surface area (Å²) in [6.07, 6.45) is 7.16. The molecule has 0 heterocycles. The van der Waals surface area contributed by atoms with Crippen LogP contribution in [0.3, 0.4) is 0 Å². The molecule has 12 nitrogen and oxygen atoms in total. The van der Waals surface area contributed by atoms with Gasteiger partial charge in [-0.25, -0.2) is 0 Å². The van der Waals surface area contributed by atoms with Gasteiger partial charge in [-0.2, -0.15) is 8.42 Å². The molecule has 0 aliphatic carbocycles. The van der Waals surface area contributed by atoms with Gasteiger partial charge >= 0.3 is 27.2 Å². The Morgan fingerprint density at radius 2 is 1.58 bits per heavy atom. The molecule has 0 aromatic heterocycles. The zero-order valence-corrected chi connectivity index (χ0v) is 14.5. The zero-order chi connectivity index (χ0) is 20.5. The van der Waals surface area contributed by atoms with E-state index in [1.165, 1.54) is 25.7 Å². The summed E-state index contributed by atoms with van der Waals surface area (Å²) in [5.74, 6) is 0. The van der Waals surface area contributed by atoms with E-state index in [-0.39, 0.29) is 0 Å². The summed E-state index contributed by atoms with van der Waals surface area (Å²) in [6.45, 7) is 5.84. The van der Waals surface area contributed by atoms with Gasteiger partial charge in [-0.3, -0.25) is 34.9 Å². The van der Waals surface area contributed by atoms with Crippen LogP contribution in [0.25, 0.3) is 0 Å². The van der Waals surface area contributed by atoms with E-state index >= 15 is 0 Å². The van der Waals surface area contributed by atoms with Crippen LogP contribution in [0.15, 0.2) is 29.7 Å². The molecule has 0 saturated heterocycles. The van der Waals surface area contributed by atoms with Crippen LogP contribution in [0, 0.1) is 30.3 Å². The van der Waals surface area contributed by atoms with Crippen molar-refractivity contribution in [3.05, 3.63) is 55.1 Å². The Balaban J connectivity index is 0.000000758. The Morgan fingerprint density at radius 1 is 1.04 bits per heavy atom. The van der Waals surface area contributed by atoms with Crippen molar-refractivity contribution >= 4 is 27.2 Å². The van der Waals surface area contributed by atoms with Crippen molar-refractivity contribution in [2.24, 2.45) is 0 Å². The first kappa shape index (κ1) is 23.1. The fraction of sp³-hybridized carbons (Fsp3) is 0.385. The zero-order valence-electron chi connectivity index (χ0n) is 13.7. The molecule has 0 aliphatic heterocycles. The average Bonchev–Trinajstić information content (AvgIpc) is 2.53. The molecule has 1 N–H and O–H groups in total. The van der Waals surface area contributed by atoms with Crippen molar-refractivity contribution in [2.75, 3.05) is 0 Å². The van der Waals surface area contributed by atoms with Crippen molar-refractivity contribution in [3.8, 4) is 0 Å². The van der Waals surface area contributed by atoms with Crippen molar-refractivity contribution in [1.29, 1.82) is 0 Å². The van der Waals surface area contributed by atoms with Crippen LogP contribution >= 0.6 is 0 Å². The standard InChI is InChI=1S/C7H14.C6H3N3O9S/c1-3-5-7-6-4-2;10-7(11)3-1-2-4(19(16,17)18)6(9(14)15)5(3)8(12)13/h3H,1,4-7H2,2H3;1-2H,(H,16,17,18). The first-order valence-electron chi connectivity index (χ1n) is 7.17.